The van der Waals surface area contributed by atoms with Crippen LogP contribution in [0, 0.1) is 15.9 Å². The second-order valence-electron chi connectivity index (χ2n) is 3.94. The number of pyridine rings is 1. The number of nitro groups is 1. The van der Waals surface area contributed by atoms with Crippen molar-refractivity contribution in [3.05, 3.63) is 46.2 Å². The number of nitrogens with zero attached hydrogens (tertiary/aromatic N) is 4. The summed E-state index contributed by atoms with van der Waals surface area (Å²) in [6, 6.07) is 2.42. The molecule has 1 atom stereocenters. The van der Waals surface area contributed by atoms with Crippen molar-refractivity contribution in [2.45, 2.75) is 19.4 Å². The number of anilines is 1. The molecule has 0 spiro atoms. The summed E-state index contributed by atoms with van der Waals surface area (Å²) in [4.78, 5) is 14.1. The summed E-state index contributed by atoms with van der Waals surface area (Å²) in [6.45, 7) is 1.86. The first-order valence-corrected chi connectivity index (χ1v) is 5.63. The van der Waals surface area contributed by atoms with Crippen molar-refractivity contribution < 1.29 is 9.31 Å². The van der Waals surface area contributed by atoms with Gasteiger partial charge in [-0.3, -0.25) is 15.1 Å². The molecule has 2 aromatic heterocycles. The maximum atomic E-state index is 12.8. The van der Waals surface area contributed by atoms with Crippen LogP contribution in [0.15, 0.2) is 24.5 Å². The van der Waals surface area contributed by atoms with Gasteiger partial charge in [0.05, 0.1) is 22.9 Å². The van der Waals surface area contributed by atoms with Gasteiger partial charge in [0.1, 0.15) is 12.0 Å². The predicted octanol–water partition coefficient (Wildman–Crippen LogP) is 1.91. The molecule has 0 amide bonds. The highest BCUT2D eigenvalue weighted by atomic mass is 19.1. The molecule has 0 aromatic carbocycles. The Morgan fingerprint density at radius 1 is 1.53 bits per heavy atom. The molecule has 0 bridgehead atoms. The molecular weight excluding hydrogens is 253 g/mol. The largest absolute Gasteiger partial charge is 0.378 e. The molecule has 0 fully saturated rings. The maximum absolute atomic E-state index is 12.8. The molecule has 2 heterocycles. The SMILES string of the molecule is CCC(c1ccc(F)cn1)n1ncc([N+](=O)[O-])c1N. The van der Waals surface area contributed by atoms with Crippen LogP contribution in [-0.4, -0.2) is 19.7 Å². The fourth-order valence-corrected chi connectivity index (χ4v) is 1.84. The van der Waals surface area contributed by atoms with Crippen LogP contribution in [0.4, 0.5) is 15.9 Å². The molecule has 100 valence electrons. The molecule has 0 saturated heterocycles. The third-order valence-corrected chi connectivity index (χ3v) is 2.78. The molecule has 2 N–H and O–H groups in total. The highest BCUT2D eigenvalue weighted by Gasteiger charge is 2.23. The fraction of sp³-hybridized carbons (Fsp3) is 0.273. The van der Waals surface area contributed by atoms with Crippen molar-refractivity contribution in [2.75, 3.05) is 5.73 Å². The van der Waals surface area contributed by atoms with Crippen LogP contribution < -0.4 is 5.73 Å². The predicted molar refractivity (Wildman–Crippen MR) is 65.9 cm³/mol. The van der Waals surface area contributed by atoms with Gasteiger partial charge in [-0.25, -0.2) is 9.07 Å². The van der Waals surface area contributed by atoms with Gasteiger partial charge in [0, 0.05) is 0 Å². The number of nitrogen functional groups attached to an aromatic ring is 1. The Kier molecular flexibility index (Phi) is 3.41. The number of rotatable bonds is 4. The van der Waals surface area contributed by atoms with Crippen LogP contribution in [0.1, 0.15) is 25.1 Å². The third-order valence-electron chi connectivity index (χ3n) is 2.78. The van der Waals surface area contributed by atoms with E-state index in [4.69, 9.17) is 5.73 Å². The van der Waals surface area contributed by atoms with Gasteiger partial charge in [0.15, 0.2) is 0 Å². The molecule has 8 heteroatoms. The monoisotopic (exact) mass is 265 g/mol. The standard InChI is InChI=1S/C11H12FN5O2/c1-2-9(8-4-3-7(12)5-14-8)16-11(13)10(6-15-16)17(18)19/h3-6,9H,2,13H2,1H3. The zero-order chi connectivity index (χ0) is 14.0. The van der Waals surface area contributed by atoms with E-state index in [1.807, 2.05) is 6.92 Å². The molecule has 0 aliphatic heterocycles. The molecule has 0 radical (unpaired) electrons. The molecule has 0 aliphatic carbocycles. The van der Waals surface area contributed by atoms with E-state index in [1.165, 1.54) is 16.8 Å². The Bertz CT molecular complexity index is 596. The third kappa shape index (κ3) is 2.37. The Morgan fingerprint density at radius 2 is 2.26 bits per heavy atom. The summed E-state index contributed by atoms with van der Waals surface area (Å²) in [6.07, 6.45) is 2.76. The first kappa shape index (κ1) is 12.9. The van der Waals surface area contributed by atoms with Crippen LogP contribution >= 0.6 is 0 Å². The van der Waals surface area contributed by atoms with Gasteiger partial charge in [-0.1, -0.05) is 6.92 Å². The van der Waals surface area contributed by atoms with E-state index in [9.17, 15) is 14.5 Å². The highest BCUT2D eigenvalue weighted by Crippen LogP contribution is 2.28. The van der Waals surface area contributed by atoms with E-state index in [2.05, 4.69) is 10.1 Å². The summed E-state index contributed by atoms with van der Waals surface area (Å²) < 4.78 is 14.2. The molecule has 19 heavy (non-hydrogen) atoms. The van der Waals surface area contributed by atoms with Gasteiger partial charge in [0.2, 0.25) is 5.82 Å². The van der Waals surface area contributed by atoms with E-state index in [1.54, 1.807) is 0 Å². The number of hydrogen-bond donors (Lipinski definition) is 1. The second-order valence-corrected chi connectivity index (χ2v) is 3.94. The van der Waals surface area contributed by atoms with Gasteiger partial charge in [-0.15, -0.1) is 0 Å². The lowest BCUT2D eigenvalue weighted by molar-refractivity contribution is -0.384. The molecule has 2 aromatic rings. The van der Waals surface area contributed by atoms with Crippen LogP contribution in [0.3, 0.4) is 0 Å². The minimum atomic E-state index is -0.594. The van der Waals surface area contributed by atoms with E-state index >= 15 is 0 Å². The van der Waals surface area contributed by atoms with Crippen molar-refractivity contribution in [3.63, 3.8) is 0 Å². The van der Waals surface area contributed by atoms with Gasteiger partial charge < -0.3 is 5.73 Å². The second kappa shape index (κ2) is 5.01. The molecule has 7 nitrogen and oxygen atoms in total. The van der Waals surface area contributed by atoms with Gasteiger partial charge >= 0.3 is 5.69 Å². The smallest absolute Gasteiger partial charge is 0.330 e. The lowest BCUT2D eigenvalue weighted by atomic mass is 10.1. The fourth-order valence-electron chi connectivity index (χ4n) is 1.84. The molecule has 0 aliphatic rings. The molecule has 0 saturated carbocycles. The average molecular weight is 265 g/mol. The van der Waals surface area contributed by atoms with Crippen molar-refractivity contribution in [1.82, 2.24) is 14.8 Å². The van der Waals surface area contributed by atoms with E-state index < -0.39 is 10.7 Å². The topological polar surface area (TPSA) is 99.9 Å². The van der Waals surface area contributed by atoms with Crippen LogP contribution in [0.5, 0.6) is 0 Å². The minimum absolute atomic E-state index is 0.0389. The zero-order valence-electron chi connectivity index (χ0n) is 10.2. The van der Waals surface area contributed by atoms with Crippen LogP contribution in [0.2, 0.25) is 0 Å². The van der Waals surface area contributed by atoms with Gasteiger partial charge in [-0.2, -0.15) is 5.10 Å². The first-order chi connectivity index (χ1) is 9.04. The number of hydrogen-bond acceptors (Lipinski definition) is 5. The Balaban J connectivity index is 2.42. The minimum Gasteiger partial charge on any atom is -0.378 e. The lowest BCUT2D eigenvalue weighted by Gasteiger charge is -2.15. The Labute approximate surface area is 108 Å². The van der Waals surface area contributed by atoms with Crippen molar-refractivity contribution in [3.8, 4) is 0 Å². The van der Waals surface area contributed by atoms with E-state index in [0.29, 0.717) is 12.1 Å². The highest BCUT2D eigenvalue weighted by molar-refractivity contribution is 5.51. The van der Waals surface area contributed by atoms with Crippen molar-refractivity contribution >= 4 is 11.5 Å². The number of aromatic nitrogens is 3. The molecular formula is C11H12FN5O2. The summed E-state index contributed by atoms with van der Waals surface area (Å²) in [5.41, 5.74) is 6.01. The first-order valence-electron chi connectivity index (χ1n) is 5.63. The number of nitrogens with two attached hydrogens (primary N) is 1. The summed E-state index contributed by atoms with van der Waals surface area (Å²) >= 11 is 0. The number of halogens is 1. The van der Waals surface area contributed by atoms with E-state index in [0.717, 1.165) is 12.4 Å². The summed E-state index contributed by atoms with van der Waals surface area (Å²) in [5.74, 6) is -0.485. The van der Waals surface area contributed by atoms with Gasteiger partial charge in [-0.05, 0) is 18.6 Å². The Hall–Kier alpha value is -2.51. The van der Waals surface area contributed by atoms with Crippen LogP contribution in [0.25, 0.3) is 0 Å². The molecule has 2 rings (SSSR count). The quantitative estimate of drug-likeness (QED) is 0.672. The summed E-state index contributed by atoms with van der Waals surface area (Å²) in [5, 5.41) is 14.7. The summed E-state index contributed by atoms with van der Waals surface area (Å²) in [7, 11) is 0. The van der Waals surface area contributed by atoms with E-state index in [-0.39, 0.29) is 17.5 Å². The maximum Gasteiger partial charge on any atom is 0.330 e. The normalized spacial score (nSPS) is 12.3. The Morgan fingerprint density at radius 3 is 2.74 bits per heavy atom. The van der Waals surface area contributed by atoms with Crippen LogP contribution in [-0.2, 0) is 0 Å². The average Bonchev–Trinajstić information content (AvgIpc) is 2.75. The zero-order valence-corrected chi connectivity index (χ0v) is 10.2. The lowest BCUT2D eigenvalue weighted by Crippen LogP contribution is -2.15. The van der Waals surface area contributed by atoms with Crippen molar-refractivity contribution in [2.24, 2.45) is 0 Å². The van der Waals surface area contributed by atoms with Gasteiger partial charge in [0.25, 0.3) is 0 Å². The van der Waals surface area contributed by atoms with Crippen molar-refractivity contribution in [1.29, 1.82) is 0 Å². The molecule has 1 unspecified atom stereocenters.